The van der Waals surface area contributed by atoms with Gasteiger partial charge in [-0.2, -0.15) is 0 Å². The Morgan fingerprint density at radius 2 is 1.65 bits per heavy atom. The smallest absolute Gasteiger partial charge is 0.253 e. The lowest BCUT2D eigenvalue weighted by Crippen LogP contribution is -2.47. The second-order valence-corrected chi connectivity index (χ2v) is 4.54. The van der Waals surface area contributed by atoms with E-state index >= 15 is 0 Å². The van der Waals surface area contributed by atoms with Crippen LogP contribution in [0.1, 0.15) is 10.4 Å². The number of amides is 1. The molecule has 0 saturated carbocycles. The van der Waals surface area contributed by atoms with Gasteiger partial charge in [-0.05, 0) is 31.3 Å². The van der Waals surface area contributed by atoms with E-state index < -0.39 is 0 Å². The summed E-state index contributed by atoms with van der Waals surface area (Å²) in [5, 5.41) is 0.662. The van der Waals surface area contributed by atoms with Crippen LogP contribution in [0.25, 0.3) is 0 Å². The molecule has 17 heavy (non-hydrogen) atoms. The summed E-state index contributed by atoms with van der Waals surface area (Å²) in [5.41, 5.74) is 0.717. The zero-order chi connectivity index (χ0) is 11.5. The summed E-state index contributed by atoms with van der Waals surface area (Å²) in [5.74, 6) is 0.102. The van der Waals surface area contributed by atoms with Crippen LogP contribution in [-0.4, -0.2) is 48.9 Å². The minimum Gasteiger partial charge on any atom is -0.336 e. The summed E-state index contributed by atoms with van der Waals surface area (Å²) in [6.07, 6.45) is 0. The van der Waals surface area contributed by atoms with Crippen molar-refractivity contribution in [3.8, 4) is 0 Å². The number of likely N-dealkylation sites (N-methyl/N-ethyl adjacent to an activating group) is 1. The number of hydrogen-bond donors (Lipinski definition) is 0. The molecule has 1 amide bonds. The first-order chi connectivity index (χ1) is 7.66. The highest BCUT2D eigenvalue weighted by Gasteiger charge is 2.19. The molecule has 2 rings (SSSR count). The topological polar surface area (TPSA) is 23.6 Å². The predicted octanol–water partition coefficient (Wildman–Crippen LogP) is 2.15. The molecule has 5 heteroatoms. The second kappa shape index (κ2) is 6.24. The highest BCUT2D eigenvalue weighted by atomic mass is 35.5. The highest BCUT2D eigenvalue weighted by Crippen LogP contribution is 2.12. The maximum absolute atomic E-state index is 12.1. The van der Waals surface area contributed by atoms with Crippen molar-refractivity contribution in [2.75, 3.05) is 33.2 Å². The van der Waals surface area contributed by atoms with Crippen molar-refractivity contribution in [3.05, 3.63) is 34.9 Å². The van der Waals surface area contributed by atoms with Gasteiger partial charge in [0.15, 0.2) is 0 Å². The SMILES string of the molecule is CN1CCN(C(=O)c2ccc(Cl)cc2)CC1.Cl. The Labute approximate surface area is 113 Å². The predicted molar refractivity (Wildman–Crippen MR) is 72.1 cm³/mol. The van der Waals surface area contributed by atoms with E-state index in [1.807, 2.05) is 4.90 Å². The van der Waals surface area contributed by atoms with Crippen molar-refractivity contribution >= 4 is 29.9 Å². The van der Waals surface area contributed by atoms with Crippen LogP contribution in [0.2, 0.25) is 5.02 Å². The average molecular weight is 275 g/mol. The number of halogens is 2. The molecule has 0 radical (unpaired) electrons. The van der Waals surface area contributed by atoms with Crippen molar-refractivity contribution < 1.29 is 4.79 Å². The van der Waals surface area contributed by atoms with Crippen LogP contribution in [0.4, 0.5) is 0 Å². The number of nitrogens with zero attached hydrogens (tertiary/aromatic N) is 2. The summed E-state index contributed by atoms with van der Waals surface area (Å²) in [4.78, 5) is 16.2. The molecule has 0 spiro atoms. The van der Waals surface area contributed by atoms with Gasteiger partial charge >= 0.3 is 0 Å². The van der Waals surface area contributed by atoms with Crippen molar-refractivity contribution in [2.45, 2.75) is 0 Å². The molecule has 0 aromatic heterocycles. The zero-order valence-corrected chi connectivity index (χ0v) is 11.3. The number of carbonyl (C=O) groups excluding carboxylic acids is 1. The molecule has 1 aromatic rings. The first kappa shape index (κ1) is 14.3. The Hall–Kier alpha value is -0.770. The van der Waals surface area contributed by atoms with Crippen molar-refractivity contribution in [3.63, 3.8) is 0 Å². The first-order valence-corrected chi connectivity index (χ1v) is 5.78. The summed E-state index contributed by atoms with van der Waals surface area (Å²) >= 11 is 5.79. The van der Waals surface area contributed by atoms with Gasteiger partial charge in [-0.3, -0.25) is 4.79 Å². The average Bonchev–Trinajstić information content (AvgIpc) is 2.30. The van der Waals surface area contributed by atoms with E-state index in [0.29, 0.717) is 10.6 Å². The van der Waals surface area contributed by atoms with E-state index in [-0.39, 0.29) is 18.3 Å². The van der Waals surface area contributed by atoms with Crippen molar-refractivity contribution in [1.29, 1.82) is 0 Å². The van der Waals surface area contributed by atoms with Gasteiger partial charge in [0.2, 0.25) is 0 Å². The normalized spacial score (nSPS) is 16.5. The molecular weight excluding hydrogens is 259 g/mol. The molecule has 1 aliphatic heterocycles. The van der Waals surface area contributed by atoms with Crippen molar-refractivity contribution in [2.24, 2.45) is 0 Å². The van der Waals surface area contributed by atoms with Crippen LogP contribution in [0.5, 0.6) is 0 Å². The molecule has 94 valence electrons. The zero-order valence-electron chi connectivity index (χ0n) is 9.73. The third-order valence-electron chi connectivity index (χ3n) is 2.88. The van der Waals surface area contributed by atoms with E-state index in [0.717, 1.165) is 26.2 Å². The Morgan fingerprint density at radius 1 is 1.12 bits per heavy atom. The van der Waals surface area contributed by atoms with Crippen LogP contribution in [0, 0.1) is 0 Å². The lowest BCUT2D eigenvalue weighted by molar-refractivity contribution is 0.0664. The van der Waals surface area contributed by atoms with Gasteiger partial charge in [-0.15, -0.1) is 12.4 Å². The standard InChI is InChI=1S/C12H15ClN2O.ClH/c1-14-6-8-15(9-7-14)12(16)10-2-4-11(13)5-3-10;/h2-5H,6-9H2,1H3;1H. The van der Waals surface area contributed by atoms with Crippen LogP contribution < -0.4 is 0 Å². The molecule has 0 bridgehead atoms. The van der Waals surface area contributed by atoms with Crippen LogP contribution >= 0.6 is 24.0 Å². The van der Waals surface area contributed by atoms with E-state index in [9.17, 15) is 4.79 Å². The third kappa shape index (κ3) is 3.60. The Kier molecular flexibility index (Phi) is 5.25. The van der Waals surface area contributed by atoms with Gasteiger partial charge in [0.1, 0.15) is 0 Å². The van der Waals surface area contributed by atoms with Gasteiger partial charge < -0.3 is 9.80 Å². The second-order valence-electron chi connectivity index (χ2n) is 4.10. The van der Waals surface area contributed by atoms with Crippen LogP contribution in [-0.2, 0) is 0 Å². The van der Waals surface area contributed by atoms with Gasteiger partial charge in [0.05, 0.1) is 0 Å². The summed E-state index contributed by atoms with van der Waals surface area (Å²) in [6.45, 7) is 3.49. The molecule has 0 aliphatic carbocycles. The maximum atomic E-state index is 12.1. The third-order valence-corrected chi connectivity index (χ3v) is 3.13. The number of carbonyl (C=O) groups is 1. The monoisotopic (exact) mass is 274 g/mol. The Morgan fingerprint density at radius 3 is 2.18 bits per heavy atom. The first-order valence-electron chi connectivity index (χ1n) is 5.40. The fraction of sp³-hybridized carbons (Fsp3) is 0.417. The van der Waals surface area contributed by atoms with Crippen molar-refractivity contribution in [1.82, 2.24) is 9.80 Å². The Bertz CT molecular complexity index is 373. The largest absolute Gasteiger partial charge is 0.336 e. The number of hydrogen-bond acceptors (Lipinski definition) is 2. The quantitative estimate of drug-likeness (QED) is 0.784. The lowest BCUT2D eigenvalue weighted by Gasteiger charge is -2.32. The fourth-order valence-corrected chi connectivity index (χ4v) is 1.91. The van der Waals surface area contributed by atoms with Crippen LogP contribution in [0.3, 0.4) is 0 Å². The molecule has 1 fully saturated rings. The number of rotatable bonds is 1. The van der Waals surface area contributed by atoms with Gasteiger partial charge in [-0.1, -0.05) is 11.6 Å². The molecule has 1 saturated heterocycles. The molecule has 0 atom stereocenters. The summed E-state index contributed by atoms with van der Waals surface area (Å²) in [6, 6.07) is 7.07. The van der Waals surface area contributed by atoms with Gasteiger partial charge in [-0.25, -0.2) is 0 Å². The molecule has 0 N–H and O–H groups in total. The number of piperazine rings is 1. The number of benzene rings is 1. The molecule has 3 nitrogen and oxygen atoms in total. The summed E-state index contributed by atoms with van der Waals surface area (Å²) < 4.78 is 0. The highest BCUT2D eigenvalue weighted by molar-refractivity contribution is 6.30. The molecule has 0 unspecified atom stereocenters. The lowest BCUT2D eigenvalue weighted by atomic mass is 10.2. The maximum Gasteiger partial charge on any atom is 0.253 e. The minimum absolute atomic E-state index is 0. The van der Waals surface area contributed by atoms with E-state index in [1.165, 1.54) is 0 Å². The molecule has 1 aliphatic rings. The Balaban J connectivity index is 0.00000144. The molecule has 1 aromatic carbocycles. The van der Waals surface area contributed by atoms with Gasteiger partial charge in [0.25, 0.3) is 5.91 Å². The minimum atomic E-state index is 0. The van der Waals surface area contributed by atoms with Crippen LogP contribution in [0.15, 0.2) is 24.3 Å². The fourth-order valence-electron chi connectivity index (χ4n) is 1.78. The van der Waals surface area contributed by atoms with E-state index in [2.05, 4.69) is 11.9 Å². The van der Waals surface area contributed by atoms with Gasteiger partial charge in [0, 0.05) is 36.8 Å². The molecular formula is C12H16Cl2N2O. The molecule has 1 heterocycles. The van der Waals surface area contributed by atoms with E-state index in [4.69, 9.17) is 11.6 Å². The summed E-state index contributed by atoms with van der Waals surface area (Å²) in [7, 11) is 2.07. The van der Waals surface area contributed by atoms with E-state index in [1.54, 1.807) is 24.3 Å².